The van der Waals surface area contributed by atoms with Crippen molar-refractivity contribution >= 4 is 34.8 Å². The molecule has 0 aromatic heterocycles. The van der Waals surface area contributed by atoms with Crippen LogP contribution in [0.2, 0.25) is 0 Å². The number of aliphatic hydroxyl groups excluding tert-OH is 2. The molecule has 3 aliphatic rings. The number of ketones is 2. The molecule has 2 saturated carbocycles. The number of nitrogens with two attached hydrogens (primary N) is 1. The molecule has 3 aliphatic carbocycles. The van der Waals surface area contributed by atoms with Gasteiger partial charge in [-0.25, -0.2) is 22.0 Å². The van der Waals surface area contributed by atoms with Crippen LogP contribution in [0.1, 0.15) is 34.3 Å². The third-order valence-corrected chi connectivity index (χ3v) is 7.95. The van der Waals surface area contributed by atoms with Gasteiger partial charge in [0.25, 0.3) is 5.91 Å². The number of aromatic hydroxyl groups is 1. The first-order valence-electron chi connectivity index (χ1n) is 12.0. The number of hydrogen-bond acceptors (Lipinski definition) is 8. The van der Waals surface area contributed by atoms with E-state index in [2.05, 4.69) is 0 Å². The van der Waals surface area contributed by atoms with Gasteiger partial charge >= 0.3 is 0 Å². The molecular weight excluding hydrogens is 563 g/mol. The van der Waals surface area contributed by atoms with E-state index in [1.165, 1.54) is 6.07 Å². The second-order valence-corrected chi connectivity index (χ2v) is 10.1. The van der Waals surface area contributed by atoms with Crippen LogP contribution < -0.4 is 11.1 Å². The van der Waals surface area contributed by atoms with Gasteiger partial charge in [0.05, 0.1) is 23.3 Å². The molecule has 5 atom stereocenters. The standard InChI is InChI=1S/C26H19F5N2O8/c27-16-15(17(28)19(30)20(31)18(16)29)25(40)33-10-2-1-6-3-8-13(24(32)39)9-4-7(34)5-11(35)26(9,41)23(38)14(8)22(37)12(6)21(10)36/h1-2,7-9,13,34,36-37,41H,3-5H2,(H2,32,39)(H,33,40). The Morgan fingerprint density at radius 2 is 1.54 bits per heavy atom. The second-order valence-electron chi connectivity index (χ2n) is 10.1. The minimum Gasteiger partial charge on any atom is -0.507 e. The van der Waals surface area contributed by atoms with Gasteiger partial charge in [-0.15, -0.1) is 0 Å². The van der Waals surface area contributed by atoms with Gasteiger partial charge in [0, 0.05) is 23.8 Å². The normalized spacial score (nSPS) is 27.2. The Bertz CT molecular complexity index is 1600. The zero-order valence-corrected chi connectivity index (χ0v) is 20.5. The fourth-order valence-corrected chi connectivity index (χ4v) is 6.10. The second kappa shape index (κ2) is 9.34. The number of hydrogen-bond donors (Lipinski definition) is 6. The van der Waals surface area contributed by atoms with Gasteiger partial charge in [-0.2, -0.15) is 0 Å². The maximum absolute atomic E-state index is 14.1. The number of fused-ring (bicyclic) bond motifs is 3. The largest absolute Gasteiger partial charge is 0.507 e. The highest BCUT2D eigenvalue weighted by atomic mass is 19.2. The van der Waals surface area contributed by atoms with E-state index < -0.39 is 122 Å². The van der Waals surface area contributed by atoms with E-state index in [4.69, 9.17) is 5.73 Å². The topological polar surface area (TPSA) is 187 Å². The summed E-state index contributed by atoms with van der Waals surface area (Å²) in [7, 11) is 0. The molecule has 7 N–H and O–H groups in total. The zero-order chi connectivity index (χ0) is 30.3. The molecule has 41 heavy (non-hydrogen) atoms. The Kier molecular flexibility index (Phi) is 6.42. The smallest absolute Gasteiger partial charge is 0.261 e. The summed E-state index contributed by atoms with van der Waals surface area (Å²) in [5, 5.41) is 45.1. The average molecular weight is 582 g/mol. The molecule has 0 spiro atoms. The highest BCUT2D eigenvalue weighted by molar-refractivity contribution is 6.22. The number of carbonyl (C=O) groups excluding carboxylic acids is 4. The van der Waals surface area contributed by atoms with Gasteiger partial charge in [-0.05, 0) is 24.5 Å². The lowest BCUT2D eigenvalue weighted by molar-refractivity contribution is -0.173. The number of aliphatic hydroxyl groups is 3. The lowest BCUT2D eigenvalue weighted by atomic mass is 9.53. The Balaban J connectivity index is 1.61. The molecule has 10 nitrogen and oxygen atoms in total. The average Bonchev–Trinajstić information content (AvgIpc) is 2.89. The van der Waals surface area contributed by atoms with Crippen LogP contribution in [0.3, 0.4) is 0 Å². The predicted molar refractivity (Wildman–Crippen MR) is 125 cm³/mol. The Hall–Kier alpha value is -4.37. The van der Waals surface area contributed by atoms with Crippen molar-refractivity contribution in [3.8, 4) is 5.75 Å². The van der Waals surface area contributed by atoms with Crippen molar-refractivity contribution in [2.24, 2.45) is 23.5 Å². The van der Waals surface area contributed by atoms with E-state index in [9.17, 15) is 61.6 Å². The summed E-state index contributed by atoms with van der Waals surface area (Å²) in [4.78, 5) is 51.3. The minimum atomic E-state index is -2.83. The number of nitrogens with one attached hydrogen (secondary N) is 1. The Labute approximate surface area is 225 Å². The van der Waals surface area contributed by atoms with E-state index in [0.717, 1.165) is 6.07 Å². The molecule has 5 rings (SSSR count). The highest BCUT2D eigenvalue weighted by Crippen LogP contribution is 2.54. The first-order valence-corrected chi connectivity index (χ1v) is 12.0. The quantitative estimate of drug-likeness (QED) is 0.103. The lowest BCUT2D eigenvalue weighted by Gasteiger charge is -2.50. The number of halogens is 5. The first-order chi connectivity index (χ1) is 19.1. The summed E-state index contributed by atoms with van der Waals surface area (Å²) in [5.74, 6) is -23.5. The number of carbonyl (C=O) groups is 4. The van der Waals surface area contributed by atoms with Crippen molar-refractivity contribution in [2.45, 2.75) is 31.0 Å². The van der Waals surface area contributed by atoms with Crippen molar-refractivity contribution in [1.29, 1.82) is 0 Å². The van der Waals surface area contributed by atoms with Gasteiger partial charge in [-0.3, -0.25) is 19.2 Å². The van der Waals surface area contributed by atoms with Crippen LogP contribution in [0.4, 0.5) is 27.6 Å². The van der Waals surface area contributed by atoms with Gasteiger partial charge in [0.1, 0.15) is 17.1 Å². The molecule has 5 unspecified atom stereocenters. The number of phenolic OH excluding ortho intramolecular Hbond substituents is 1. The molecule has 0 heterocycles. The fourth-order valence-electron chi connectivity index (χ4n) is 6.10. The summed E-state index contributed by atoms with van der Waals surface area (Å²) < 4.78 is 68.8. The molecule has 15 heteroatoms. The number of rotatable bonds is 3. The van der Waals surface area contributed by atoms with E-state index in [1.807, 2.05) is 0 Å². The number of Topliss-reactive ketones (excluding diaryl/α,β-unsaturated/α-hetero) is 2. The summed E-state index contributed by atoms with van der Waals surface area (Å²) in [6, 6.07) is 2.13. The van der Waals surface area contributed by atoms with Crippen LogP contribution in [0.15, 0.2) is 17.7 Å². The van der Waals surface area contributed by atoms with Crippen molar-refractivity contribution < 1.29 is 61.6 Å². The molecule has 0 saturated heterocycles. The lowest BCUT2D eigenvalue weighted by Crippen LogP contribution is -2.66. The zero-order valence-electron chi connectivity index (χ0n) is 20.5. The predicted octanol–water partition coefficient (Wildman–Crippen LogP) is 1.54. The number of primary amides is 1. The van der Waals surface area contributed by atoms with Crippen LogP contribution in [-0.4, -0.2) is 55.5 Å². The first kappa shape index (κ1) is 28.2. The molecule has 2 fully saturated rings. The molecule has 0 aliphatic heterocycles. The van der Waals surface area contributed by atoms with E-state index >= 15 is 0 Å². The van der Waals surface area contributed by atoms with Crippen LogP contribution in [-0.2, 0) is 20.8 Å². The maximum atomic E-state index is 14.1. The Morgan fingerprint density at radius 1 is 0.951 bits per heavy atom. The maximum Gasteiger partial charge on any atom is 0.261 e. The van der Waals surface area contributed by atoms with E-state index in [1.54, 1.807) is 5.32 Å². The number of anilines is 1. The minimum absolute atomic E-state index is 0.0650. The monoisotopic (exact) mass is 582 g/mol. The molecule has 216 valence electrons. The molecule has 2 aromatic rings. The van der Waals surface area contributed by atoms with Gasteiger partial charge in [0.2, 0.25) is 17.5 Å². The number of phenols is 1. The van der Waals surface area contributed by atoms with Crippen molar-refractivity contribution in [2.75, 3.05) is 5.32 Å². The van der Waals surface area contributed by atoms with E-state index in [0.29, 0.717) is 0 Å². The van der Waals surface area contributed by atoms with Crippen LogP contribution >= 0.6 is 0 Å². The van der Waals surface area contributed by atoms with Crippen LogP contribution in [0.5, 0.6) is 5.75 Å². The van der Waals surface area contributed by atoms with Crippen molar-refractivity contribution in [1.82, 2.24) is 0 Å². The van der Waals surface area contributed by atoms with Crippen molar-refractivity contribution in [3.63, 3.8) is 0 Å². The third-order valence-electron chi connectivity index (χ3n) is 7.95. The summed E-state index contributed by atoms with van der Waals surface area (Å²) in [5.41, 5.74) is -0.918. The number of amides is 2. The Morgan fingerprint density at radius 3 is 2.12 bits per heavy atom. The molecular formula is C26H19F5N2O8. The fraction of sp³-hybridized carbons (Fsp3) is 0.308. The summed E-state index contributed by atoms with van der Waals surface area (Å²) in [6.45, 7) is 0. The van der Waals surface area contributed by atoms with Crippen LogP contribution in [0, 0.1) is 46.8 Å². The van der Waals surface area contributed by atoms with Gasteiger partial charge < -0.3 is 31.5 Å². The van der Waals surface area contributed by atoms with Crippen molar-refractivity contribution in [3.05, 3.63) is 63.5 Å². The van der Waals surface area contributed by atoms with Gasteiger partial charge in [-0.1, -0.05) is 6.07 Å². The molecule has 0 bridgehead atoms. The SMILES string of the molecule is NC(=O)C1C2Cc3ccc(NC(=O)c4c(F)c(F)c(F)c(F)c4F)c(O)c3C(O)=C2C(=O)C2(O)C(=O)CC(O)CC12. The van der Waals surface area contributed by atoms with E-state index in [-0.39, 0.29) is 18.4 Å². The third kappa shape index (κ3) is 3.83. The molecule has 0 radical (unpaired) electrons. The summed E-state index contributed by atoms with van der Waals surface area (Å²) >= 11 is 0. The molecule has 2 aromatic carbocycles. The summed E-state index contributed by atoms with van der Waals surface area (Å²) in [6.07, 6.45) is -2.50. The number of benzene rings is 2. The highest BCUT2D eigenvalue weighted by Gasteiger charge is 2.65. The van der Waals surface area contributed by atoms with Crippen LogP contribution in [0.25, 0.3) is 5.76 Å². The molecule has 2 amide bonds. The van der Waals surface area contributed by atoms with Gasteiger partial charge in [0.15, 0.2) is 34.7 Å².